The van der Waals surface area contributed by atoms with Gasteiger partial charge in [-0.3, -0.25) is 0 Å². The Kier molecular flexibility index (Phi) is 1.35. The molecule has 0 saturated carbocycles. The van der Waals surface area contributed by atoms with Crippen molar-refractivity contribution in [1.82, 2.24) is 10.9 Å². The zero-order valence-corrected chi connectivity index (χ0v) is 6.09. The van der Waals surface area contributed by atoms with Crippen molar-refractivity contribution in [3.05, 3.63) is 35.4 Å². The van der Waals surface area contributed by atoms with Crippen molar-refractivity contribution >= 4 is 0 Å². The SMILES string of the molecule is OC1=CNNC2=CCCC=C12. The van der Waals surface area contributed by atoms with E-state index in [4.69, 9.17) is 0 Å². The van der Waals surface area contributed by atoms with E-state index in [0.717, 1.165) is 24.1 Å². The lowest BCUT2D eigenvalue weighted by atomic mass is 10.0. The number of aliphatic hydroxyl groups excluding tert-OH is 1. The van der Waals surface area contributed by atoms with Crippen molar-refractivity contribution in [2.24, 2.45) is 0 Å². The molecule has 0 atom stereocenters. The van der Waals surface area contributed by atoms with Crippen LogP contribution in [0.25, 0.3) is 0 Å². The summed E-state index contributed by atoms with van der Waals surface area (Å²) in [6.07, 6.45) is 7.72. The van der Waals surface area contributed by atoms with E-state index in [0.29, 0.717) is 5.76 Å². The first-order valence-electron chi connectivity index (χ1n) is 3.69. The molecule has 0 aromatic heterocycles. The summed E-state index contributed by atoms with van der Waals surface area (Å²) in [6, 6.07) is 0. The maximum absolute atomic E-state index is 9.35. The highest BCUT2D eigenvalue weighted by atomic mass is 16.3. The Balaban J connectivity index is 2.38. The second-order valence-corrected chi connectivity index (χ2v) is 2.61. The summed E-state index contributed by atoms with van der Waals surface area (Å²) in [6.45, 7) is 0. The number of hydrogen-bond donors (Lipinski definition) is 3. The van der Waals surface area contributed by atoms with E-state index in [1.165, 1.54) is 0 Å². The predicted octanol–water partition coefficient (Wildman–Crippen LogP) is 1.10. The number of rotatable bonds is 0. The molecule has 0 radical (unpaired) electrons. The Hall–Kier alpha value is -1.38. The van der Waals surface area contributed by atoms with Gasteiger partial charge in [-0.05, 0) is 12.8 Å². The van der Waals surface area contributed by atoms with Crippen molar-refractivity contribution in [2.75, 3.05) is 0 Å². The zero-order chi connectivity index (χ0) is 7.68. The molecule has 0 bridgehead atoms. The third-order valence-corrected chi connectivity index (χ3v) is 1.85. The lowest BCUT2D eigenvalue weighted by molar-refractivity contribution is 0.406. The fourth-order valence-electron chi connectivity index (χ4n) is 1.30. The second-order valence-electron chi connectivity index (χ2n) is 2.61. The molecule has 3 N–H and O–H groups in total. The van der Waals surface area contributed by atoms with Gasteiger partial charge in [0.25, 0.3) is 0 Å². The van der Waals surface area contributed by atoms with Crippen LogP contribution < -0.4 is 10.9 Å². The lowest BCUT2D eigenvalue weighted by Gasteiger charge is -2.21. The summed E-state index contributed by atoms with van der Waals surface area (Å²) >= 11 is 0. The molecular formula is C8H10N2O. The van der Waals surface area contributed by atoms with Gasteiger partial charge in [0.15, 0.2) is 0 Å². The van der Waals surface area contributed by atoms with Crippen LogP contribution >= 0.6 is 0 Å². The van der Waals surface area contributed by atoms with E-state index in [-0.39, 0.29) is 0 Å². The number of fused-ring (bicyclic) bond motifs is 1. The highest BCUT2D eigenvalue weighted by molar-refractivity contribution is 5.45. The molecule has 0 amide bonds. The van der Waals surface area contributed by atoms with Crippen LogP contribution in [0, 0.1) is 0 Å². The second kappa shape index (κ2) is 2.34. The molecule has 3 nitrogen and oxygen atoms in total. The maximum Gasteiger partial charge on any atom is 0.142 e. The molecule has 0 spiro atoms. The fourth-order valence-corrected chi connectivity index (χ4v) is 1.30. The van der Waals surface area contributed by atoms with Gasteiger partial charge in [0.2, 0.25) is 0 Å². The highest BCUT2D eigenvalue weighted by Gasteiger charge is 2.15. The van der Waals surface area contributed by atoms with E-state index >= 15 is 0 Å². The molecule has 11 heavy (non-hydrogen) atoms. The monoisotopic (exact) mass is 150 g/mol. The van der Waals surface area contributed by atoms with Gasteiger partial charge in [0.1, 0.15) is 5.76 Å². The predicted molar refractivity (Wildman–Crippen MR) is 42.4 cm³/mol. The van der Waals surface area contributed by atoms with Gasteiger partial charge in [-0.15, -0.1) is 0 Å². The van der Waals surface area contributed by atoms with E-state index in [1.54, 1.807) is 6.20 Å². The molecule has 0 unspecified atom stereocenters. The van der Waals surface area contributed by atoms with Crippen LogP contribution in [0.2, 0.25) is 0 Å². The molecule has 0 fully saturated rings. The van der Waals surface area contributed by atoms with E-state index in [9.17, 15) is 5.11 Å². The van der Waals surface area contributed by atoms with Gasteiger partial charge in [-0.25, -0.2) is 0 Å². The number of aliphatic hydroxyl groups is 1. The largest absolute Gasteiger partial charge is 0.506 e. The molecule has 58 valence electrons. The van der Waals surface area contributed by atoms with E-state index < -0.39 is 0 Å². The first kappa shape index (κ1) is 6.34. The van der Waals surface area contributed by atoms with Crippen molar-refractivity contribution in [1.29, 1.82) is 0 Å². The summed E-state index contributed by atoms with van der Waals surface area (Å²) in [5, 5.41) is 9.35. The van der Waals surface area contributed by atoms with Crippen LogP contribution in [-0.4, -0.2) is 5.11 Å². The summed E-state index contributed by atoms with van der Waals surface area (Å²) in [5.41, 5.74) is 7.62. The standard InChI is InChI=1S/C8H10N2O/c11-8-5-9-10-7-4-2-1-3-6(7)8/h3-5,9-11H,1-2H2. The third-order valence-electron chi connectivity index (χ3n) is 1.85. The molecule has 0 aromatic rings. The number of nitrogens with one attached hydrogen (secondary N) is 2. The average Bonchev–Trinajstić information content (AvgIpc) is 2.06. The Bertz CT molecular complexity index is 263. The molecular weight excluding hydrogens is 140 g/mol. The Labute approximate surface area is 65.1 Å². The van der Waals surface area contributed by atoms with Gasteiger partial charge >= 0.3 is 0 Å². The summed E-state index contributed by atoms with van der Waals surface area (Å²) < 4.78 is 0. The quantitative estimate of drug-likeness (QED) is 0.484. The van der Waals surface area contributed by atoms with E-state index in [2.05, 4.69) is 16.9 Å². The molecule has 2 rings (SSSR count). The van der Waals surface area contributed by atoms with Gasteiger partial charge in [0.05, 0.1) is 11.9 Å². The Morgan fingerprint density at radius 3 is 2.91 bits per heavy atom. The van der Waals surface area contributed by atoms with Crippen molar-refractivity contribution < 1.29 is 5.11 Å². The molecule has 1 aliphatic carbocycles. The summed E-state index contributed by atoms with van der Waals surface area (Å²) in [7, 11) is 0. The minimum absolute atomic E-state index is 0.315. The van der Waals surface area contributed by atoms with Crippen molar-refractivity contribution in [2.45, 2.75) is 12.8 Å². The smallest absolute Gasteiger partial charge is 0.142 e. The van der Waals surface area contributed by atoms with Crippen LogP contribution in [0.15, 0.2) is 35.4 Å². The van der Waals surface area contributed by atoms with Gasteiger partial charge in [0, 0.05) is 5.57 Å². The topological polar surface area (TPSA) is 44.3 Å². The lowest BCUT2D eigenvalue weighted by Crippen LogP contribution is -2.32. The van der Waals surface area contributed by atoms with Crippen LogP contribution in [0.5, 0.6) is 0 Å². The van der Waals surface area contributed by atoms with Crippen LogP contribution in [0.3, 0.4) is 0 Å². The summed E-state index contributed by atoms with van der Waals surface area (Å²) in [4.78, 5) is 0. The number of allylic oxidation sites excluding steroid dienone is 2. The highest BCUT2D eigenvalue weighted by Crippen LogP contribution is 2.22. The minimum atomic E-state index is 0.315. The van der Waals surface area contributed by atoms with Crippen LogP contribution in [0.1, 0.15) is 12.8 Å². The van der Waals surface area contributed by atoms with E-state index in [1.807, 2.05) is 6.08 Å². The molecule has 3 heteroatoms. The number of hydrogen-bond acceptors (Lipinski definition) is 3. The zero-order valence-electron chi connectivity index (χ0n) is 6.09. The average molecular weight is 150 g/mol. The normalized spacial score (nSPS) is 21.6. The number of hydrazine groups is 1. The molecule has 0 saturated heterocycles. The summed E-state index contributed by atoms with van der Waals surface area (Å²) in [5.74, 6) is 0.315. The van der Waals surface area contributed by atoms with Gasteiger partial charge in [-0.1, -0.05) is 12.2 Å². The third kappa shape index (κ3) is 0.981. The Morgan fingerprint density at radius 2 is 2.09 bits per heavy atom. The van der Waals surface area contributed by atoms with Crippen molar-refractivity contribution in [3.63, 3.8) is 0 Å². The van der Waals surface area contributed by atoms with Gasteiger partial charge < -0.3 is 16.0 Å². The van der Waals surface area contributed by atoms with Crippen molar-refractivity contribution in [3.8, 4) is 0 Å². The Morgan fingerprint density at radius 1 is 1.27 bits per heavy atom. The maximum atomic E-state index is 9.35. The molecule has 1 aliphatic heterocycles. The first-order chi connectivity index (χ1) is 5.38. The van der Waals surface area contributed by atoms with Crippen LogP contribution in [-0.2, 0) is 0 Å². The van der Waals surface area contributed by atoms with Gasteiger partial charge in [-0.2, -0.15) is 0 Å². The van der Waals surface area contributed by atoms with Crippen LogP contribution in [0.4, 0.5) is 0 Å². The molecule has 1 heterocycles. The minimum Gasteiger partial charge on any atom is -0.506 e. The molecule has 2 aliphatic rings. The first-order valence-corrected chi connectivity index (χ1v) is 3.69. The fraction of sp³-hybridized carbons (Fsp3) is 0.250. The molecule has 0 aromatic carbocycles.